The molecular weight excluding hydrogens is 721 g/mol. The molecule has 0 bridgehead atoms. The number of rotatable bonds is 13. The molecule has 11 heteroatoms. The number of nitrogens with zero attached hydrogens (tertiary/aromatic N) is 1. The fraction of sp³-hybridized carbons (Fsp3) is 0.444. The summed E-state index contributed by atoms with van der Waals surface area (Å²) in [6, 6.07) is 27.2. The van der Waals surface area contributed by atoms with Crippen molar-refractivity contribution >= 4 is 48.1 Å². The number of nitrogens with one attached hydrogen (secondary N) is 3. The maximum atomic E-state index is 14.0. The molecule has 56 heavy (non-hydrogen) atoms. The molecule has 298 valence electrons. The number of hydrogen-bond acceptors (Lipinski definition) is 6. The smallest absolute Gasteiger partial charge is 0.262 e. The molecule has 2 heterocycles. The molecular formula is C45H58N4O6Si. The molecule has 3 aromatic rings. The van der Waals surface area contributed by atoms with Gasteiger partial charge < -0.3 is 25.3 Å². The van der Waals surface area contributed by atoms with Crippen LogP contribution in [-0.4, -0.2) is 78.9 Å². The summed E-state index contributed by atoms with van der Waals surface area (Å²) in [6.07, 6.45) is 5.46. The van der Waals surface area contributed by atoms with Crippen molar-refractivity contribution in [3.8, 4) is 0 Å². The highest BCUT2D eigenvalue weighted by Gasteiger charge is 2.51. The first kappa shape index (κ1) is 42.3. The van der Waals surface area contributed by atoms with Gasteiger partial charge in [-0.3, -0.25) is 24.0 Å². The molecule has 0 aliphatic carbocycles. The maximum absolute atomic E-state index is 14.0. The Bertz CT molecular complexity index is 1830. The maximum Gasteiger partial charge on any atom is 0.262 e. The van der Waals surface area contributed by atoms with Gasteiger partial charge in [-0.2, -0.15) is 0 Å². The van der Waals surface area contributed by atoms with Gasteiger partial charge in [0.15, 0.2) is 5.78 Å². The minimum absolute atomic E-state index is 0.156. The van der Waals surface area contributed by atoms with E-state index in [1.807, 2.05) is 66.7 Å². The van der Waals surface area contributed by atoms with E-state index in [9.17, 15) is 24.0 Å². The van der Waals surface area contributed by atoms with Gasteiger partial charge in [-0.1, -0.05) is 125 Å². The molecule has 3 N–H and O–H groups in total. The van der Waals surface area contributed by atoms with E-state index in [1.165, 1.54) is 0 Å². The molecule has 0 spiro atoms. The molecule has 5 rings (SSSR count). The molecule has 0 radical (unpaired) electrons. The van der Waals surface area contributed by atoms with Gasteiger partial charge in [0.05, 0.1) is 0 Å². The van der Waals surface area contributed by atoms with Crippen molar-refractivity contribution in [1.82, 2.24) is 20.9 Å². The summed E-state index contributed by atoms with van der Waals surface area (Å²) in [6.45, 7) is 12.1. The number of carbonyl (C=O) groups is 5. The molecule has 2 aliphatic heterocycles. The molecule has 4 amide bonds. The third kappa shape index (κ3) is 9.56. The first-order chi connectivity index (χ1) is 26.7. The van der Waals surface area contributed by atoms with Crippen LogP contribution in [-0.2, 0) is 34.8 Å². The van der Waals surface area contributed by atoms with E-state index in [4.69, 9.17) is 4.43 Å². The van der Waals surface area contributed by atoms with Crippen molar-refractivity contribution in [3.05, 3.63) is 109 Å². The van der Waals surface area contributed by atoms with Crippen LogP contribution >= 0.6 is 0 Å². The Hall–Kier alpha value is -4.87. The number of hydrogen-bond donors (Lipinski definition) is 3. The highest BCUT2D eigenvalue weighted by molar-refractivity contribution is 6.99. The predicted molar refractivity (Wildman–Crippen MR) is 222 cm³/mol. The molecule has 2 fully saturated rings. The van der Waals surface area contributed by atoms with Crippen LogP contribution in [0.1, 0.15) is 85.6 Å². The standard InChI is InChI=1S/C45H58N4O6Si/c1-7-45(6)43(54)47-37(31-33-21-12-8-13-22-33)42(53)49-30-20-28-38(49)41(52)46-36(40(51)48-45)27-18-11-19-29-39(50)32(2)55-56(44(3,4)5,34-23-14-9-15-24-34)35-25-16-10-17-26-35/h8-10,12-17,19,21-26,29,32,36-38H,7,11,18,20,27-28,30-31H2,1-6H3,(H,46,52)(H,47,54)(H,48,51)/b29-19+/t32-,36+,37+,38-,45+/m1/s1. The summed E-state index contributed by atoms with van der Waals surface area (Å²) in [7, 11) is -2.94. The van der Waals surface area contributed by atoms with E-state index in [0.717, 1.165) is 15.9 Å². The van der Waals surface area contributed by atoms with Gasteiger partial charge in [0.2, 0.25) is 23.6 Å². The molecule has 0 unspecified atom stereocenters. The van der Waals surface area contributed by atoms with E-state index in [0.29, 0.717) is 32.2 Å². The summed E-state index contributed by atoms with van der Waals surface area (Å²) >= 11 is 0. The number of carbonyl (C=O) groups excluding carboxylic acids is 5. The second-order valence-corrected chi connectivity index (χ2v) is 20.6. The average molecular weight is 779 g/mol. The van der Waals surface area contributed by atoms with Crippen molar-refractivity contribution in [2.45, 2.75) is 121 Å². The summed E-state index contributed by atoms with van der Waals surface area (Å²) in [4.78, 5) is 70.6. The first-order valence-corrected chi connectivity index (χ1v) is 21.9. The Balaban J connectivity index is 1.28. The number of benzene rings is 3. The molecule has 3 aromatic carbocycles. The minimum Gasteiger partial charge on any atom is -0.397 e. The summed E-state index contributed by atoms with van der Waals surface area (Å²) < 4.78 is 6.98. The topological polar surface area (TPSA) is 134 Å². The summed E-state index contributed by atoms with van der Waals surface area (Å²) in [5.74, 6) is -1.79. The Kier molecular flexibility index (Phi) is 13.9. The third-order valence-electron chi connectivity index (χ3n) is 11.3. The van der Waals surface area contributed by atoms with Crippen molar-refractivity contribution in [1.29, 1.82) is 0 Å². The lowest BCUT2D eigenvalue weighted by Crippen LogP contribution is -2.68. The lowest BCUT2D eigenvalue weighted by molar-refractivity contribution is -0.144. The van der Waals surface area contributed by atoms with Crippen molar-refractivity contribution < 1.29 is 28.4 Å². The van der Waals surface area contributed by atoms with Gasteiger partial charge in [0.1, 0.15) is 29.8 Å². The summed E-state index contributed by atoms with van der Waals surface area (Å²) in [5, 5.41) is 10.7. The van der Waals surface area contributed by atoms with Crippen LogP contribution in [0.2, 0.25) is 5.04 Å². The number of unbranched alkanes of at least 4 members (excludes halogenated alkanes) is 1. The normalized spacial score (nSPS) is 23.0. The van der Waals surface area contributed by atoms with E-state index in [-0.39, 0.29) is 41.9 Å². The Morgan fingerprint density at radius 1 is 0.893 bits per heavy atom. The van der Waals surface area contributed by atoms with Crippen LogP contribution in [0.15, 0.2) is 103 Å². The molecule has 0 aromatic heterocycles. The van der Waals surface area contributed by atoms with Crippen LogP contribution in [0.4, 0.5) is 0 Å². The van der Waals surface area contributed by atoms with Crippen LogP contribution < -0.4 is 26.3 Å². The fourth-order valence-corrected chi connectivity index (χ4v) is 12.5. The van der Waals surface area contributed by atoms with E-state index < -0.39 is 49.9 Å². The van der Waals surface area contributed by atoms with Gasteiger partial charge in [-0.05, 0) is 79.4 Å². The first-order valence-electron chi connectivity index (χ1n) is 20.0. The van der Waals surface area contributed by atoms with Crippen molar-refractivity contribution in [2.24, 2.45) is 0 Å². The Labute approximate surface area is 333 Å². The fourth-order valence-electron chi connectivity index (χ4n) is 7.86. The average Bonchev–Trinajstić information content (AvgIpc) is 3.69. The lowest BCUT2D eigenvalue weighted by atomic mass is 9.94. The van der Waals surface area contributed by atoms with Gasteiger partial charge in [-0.25, -0.2) is 0 Å². The van der Waals surface area contributed by atoms with Gasteiger partial charge in [0, 0.05) is 13.0 Å². The van der Waals surface area contributed by atoms with Crippen LogP contribution in [0, 0.1) is 0 Å². The molecule has 0 saturated carbocycles. The van der Waals surface area contributed by atoms with Crippen LogP contribution in [0.5, 0.6) is 0 Å². The Morgan fingerprint density at radius 3 is 2.05 bits per heavy atom. The predicted octanol–water partition coefficient (Wildman–Crippen LogP) is 4.75. The second-order valence-electron chi connectivity index (χ2n) is 16.3. The lowest BCUT2D eigenvalue weighted by Gasteiger charge is -2.44. The highest BCUT2D eigenvalue weighted by Crippen LogP contribution is 2.37. The van der Waals surface area contributed by atoms with E-state index in [2.05, 4.69) is 61.0 Å². The SMILES string of the molecule is CC[C@]1(C)NC(=O)[C@H](CCC/C=C/C(=O)[C@@H](C)O[Si](c2ccccc2)(c2ccccc2)C(C)(C)C)NC(=O)[C@H]2CCCN2C(=O)[C@H](Cc2ccccc2)NC1=O. The summed E-state index contributed by atoms with van der Waals surface area (Å²) in [5.41, 5.74) is -0.454. The van der Waals surface area contributed by atoms with Gasteiger partial charge in [-0.15, -0.1) is 0 Å². The second kappa shape index (κ2) is 18.4. The highest BCUT2D eigenvalue weighted by atomic mass is 28.4. The molecule has 2 saturated heterocycles. The largest absolute Gasteiger partial charge is 0.397 e. The third-order valence-corrected chi connectivity index (χ3v) is 16.4. The van der Waals surface area contributed by atoms with Crippen molar-refractivity contribution in [2.75, 3.05) is 6.54 Å². The molecule has 5 atom stereocenters. The number of fused-ring (bicyclic) bond motifs is 1. The zero-order valence-electron chi connectivity index (χ0n) is 33.7. The number of amides is 4. The van der Waals surface area contributed by atoms with E-state index in [1.54, 1.807) is 37.8 Å². The van der Waals surface area contributed by atoms with Gasteiger partial charge >= 0.3 is 0 Å². The minimum atomic E-state index is -2.94. The molecule has 2 aliphatic rings. The van der Waals surface area contributed by atoms with Crippen LogP contribution in [0.25, 0.3) is 0 Å². The van der Waals surface area contributed by atoms with Crippen LogP contribution in [0.3, 0.4) is 0 Å². The zero-order chi connectivity index (χ0) is 40.5. The van der Waals surface area contributed by atoms with Gasteiger partial charge in [0.25, 0.3) is 8.32 Å². The zero-order valence-corrected chi connectivity index (χ0v) is 34.7. The Morgan fingerprint density at radius 2 is 1.48 bits per heavy atom. The molecule has 10 nitrogen and oxygen atoms in total. The van der Waals surface area contributed by atoms with Crippen molar-refractivity contribution in [3.63, 3.8) is 0 Å². The monoisotopic (exact) mass is 778 g/mol. The number of ketones is 1. The number of allylic oxidation sites excluding steroid dienone is 1. The quantitative estimate of drug-likeness (QED) is 0.130. The van der Waals surface area contributed by atoms with E-state index >= 15 is 0 Å².